The lowest BCUT2D eigenvalue weighted by molar-refractivity contribution is -0.109. The first-order chi connectivity index (χ1) is 8.00. The van der Waals surface area contributed by atoms with Crippen molar-refractivity contribution in [3.63, 3.8) is 0 Å². The van der Waals surface area contributed by atoms with Crippen molar-refractivity contribution in [1.82, 2.24) is 0 Å². The van der Waals surface area contributed by atoms with Crippen molar-refractivity contribution >= 4 is 22.6 Å². The molecule has 0 aromatic heterocycles. The molecule has 0 aliphatic rings. The number of nitrogens with two attached hydrogens (primary N) is 1. The molecular weight excluding hydrogens is 237 g/mol. The third-order valence-electron chi connectivity index (χ3n) is 2.11. The summed E-state index contributed by atoms with van der Waals surface area (Å²) in [5.41, 5.74) is 7.23. The lowest BCUT2D eigenvalue weighted by Gasteiger charge is -2.01. The van der Waals surface area contributed by atoms with Gasteiger partial charge >= 0.3 is 0 Å². The van der Waals surface area contributed by atoms with Crippen molar-refractivity contribution in [2.24, 2.45) is 0 Å². The minimum Gasteiger partial charge on any atom is -0.398 e. The highest BCUT2D eigenvalue weighted by molar-refractivity contribution is 8.13. The van der Waals surface area contributed by atoms with Crippen LogP contribution in [0.15, 0.2) is 12.1 Å². The molecule has 2 N–H and O–H groups in total. The SMILES string of the molecule is CC(=O)SCCC#Cc1cc(N)c(C)cc1F. The highest BCUT2D eigenvalue weighted by Crippen LogP contribution is 2.16. The van der Waals surface area contributed by atoms with Gasteiger partial charge in [-0.3, -0.25) is 4.79 Å². The average Bonchev–Trinajstić information content (AvgIpc) is 2.24. The number of carbonyl (C=O) groups excluding carboxylic acids is 1. The monoisotopic (exact) mass is 251 g/mol. The van der Waals surface area contributed by atoms with E-state index in [9.17, 15) is 9.18 Å². The van der Waals surface area contributed by atoms with E-state index in [-0.39, 0.29) is 10.9 Å². The van der Waals surface area contributed by atoms with Gasteiger partial charge < -0.3 is 5.73 Å². The van der Waals surface area contributed by atoms with Gasteiger partial charge in [-0.2, -0.15) is 0 Å². The van der Waals surface area contributed by atoms with Gasteiger partial charge in [0.15, 0.2) is 5.12 Å². The molecule has 90 valence electrons. The zero-order chi connectivity index (χ0) is 12.8. The number of thioether (sulfide) groups is 1. The van der Waals surface area contributed by atoms with Gasteiger partial charge in [0.05, 0.1) is 5.56 Å². The lowest BCUT2D eigenvalue weighted by atomic mass is 10.1. The number of rotatable bonds is 2. The minimum atomic E-state index is -0.358. The fourth-order valence-electron chi connectivity index (χ4n) is 1.19. The van der Waals surface area contributed by atoms with E-state index < -0.39 is 0 Å². The van der Waals surface area contributed by atoms with E-state index in [1.54, 1.807) is 6.92 Å². The maximum atomic E-state index is 13.5. The highest BCUT2D eigenvalue weighted by atomic mass is 32.2. The van der Waals surface area contributed by atoms with Crippen molar-refractivity contribution < 1.29 is 9.18 Å². The first kappa shape index (κ1) is 13.6. The smallest absolute Gasteiger partial charge is 0.185 e. The maximum Gasteiger partial charge on any atom is 0.185 e. The Morgan fingerprint density at radius 2 is 2.24 bits per heavy atom. The van der Waals surface area contributed by atoms with Gasteiger partial charge in [-0.25, -0.2) is 4.39 Å². The molecule has 1 aromatic carbocycles. The van der Waals surface area contributed by atoms with Crippen molar-refractivity contribution in [2.75, 3.05) is 11.5 Å². The van der Waals surface area contributed by atoms with E-state index in [2.05, 4.69) is 11.8 Å². The standard InChI is InChI=1S/C13H14FNOS/c1-9-7-12(14)11(8-13(9)15)5-3-4-6-17-10(2)16/h7-8H,4,6,15H2,1-2H3. The number of hydrogen-bond acceptors (Lipinski definition) is 3. The molecule has 0 atom stereocenters. The Labute approximate surface area is 105 Å². The van der Waals surface area contributed by atoms with E-state index in [0.717, 1.165) is 0 Å². The second-order valence-electron chi connectivity index (χ2n) is 3.58. The quantitative estimate of drug-likeness (QED) is 0.499. The summed E-state index contributed by atoms with van der Waals surface area (Å²) in [5.74, 6) is 5.82. The van der Waals surface area contributed by atoms with Gasteiger partial charge in [0.25, 0.3) is 0 Å². The summed E-state index contributed by atoms with van der Waals surface area (Å²) in [5, 5.41) is 0.0672. The molecule has 0 amide bonds. The summed E-state index contributed by atoms with van der Waals surface area (Å²) >= 11 is 1.22. The molecule has 0 fully saturated rings. The largest absolute Gasteiger partial charge is 0.398 e. The Bertz CT molecular complexity index is 488. The second kappa shape index (κ2) is 6.31. The number of benzene rings is 1. The third-order valence-corrected chi connectivity index (χ3v) is 2.93. The molecule has 17 heavy (non-hydrogen) atoms. The third kappa shape index (κ3) is 4.49. The molecule has 0 saturated heterocycles. The van der Waals surface area contributed by atoms with Gasteiger partial charge in [-0.05, 0) is 24.6 Å². The topological polar surface area (TPSA) is 43.1 Å². The van der Waals surface area contributed by atoms with Gasteiger partial charge in [0, 0.05) is 24.8 Å². The summed E-state index contributed by atoms with van der Waals surface area (Å²) in [6.07, 6.45) is 0.553. The first-order valence-electron chi connectivity index (χ1n) is 5.18. The summed E-state index contributed by atoms with van der Waals surface area (Å²) in [4.78, 5) is 10.7. The molecule has 0 aliphatic carbocycles. The molecule has 0 aliphatic heterocycles. The number of anilines is 1. The Kier molecular flexibility index (Phi) is 5.05. The molecule has 1 aromatic rings. The molecule has 0 spiro atoms. The van der Waals surface area contributed by atoms with Crippen LogP contribution in [0.2, 0.25) is 0 Å². The van der Waals surface area contributed by atoms with Gasteiger partial charge in [-0.15, -0.1) is 0 Å². The zero-order valence-corrected chi connectivity index (χ0v) is 10.7. The van der Waals surface area contributed by atoms with Crippen LogP contribution in [-0.4, -0.2) is 10.9 Å². The summed E-state index contributed by atoms with van der Waals surface area (Å²) in [6, 6.07) is 2.92. The van der Waals surface area contributed by atoms with Crippen LogP contribution in [0.4, 0.5) is 10.1 Å². The van der Waals surface area contributed by atoms with Crippen molar-refractivity contribution in [2.45, 2.75) is 20.3 Å². The van der Waals surface area contributed by atoms with Gasteiger partial charge in [-0.1, -0.05) is 23.6 Å². The molecule has 1 rings (SSSR count). The molecule has 0 unspecified atom stereocenters. The fourth-order valence-corrected chi connectivity index (χ4v) is 1.68. The Hall–Kier alpha value is -1.47. The normalized spacial score (nSPS) is 9.59. The molecule has 0 heterocycles. The van der Waals surface area contributed by atoms with Gasteiger partial charge in [0.1, 0.15) is 5.82 Å². The van der Waals surface area contributed by atoms with Crippen LogP contribution < -0.4 is 5.73 Å². The number of hydrogen-bond donors (Lipinski definition) is 1. The van der Waals surface area contributed by atoms with E-state index in [0.29, 0.717) is 29.0 Å². The lowest BCUT2D eigenvalue weighted by Crippen LogP contribution is -1.93. The second-order valence-corrected chi connectivity index (χ2v) is 4.85. The molecule has 0 radical (unpaired) electrons. The first-order valence-corrected chi connectivity index (χ1v) is 6.17. The van der Waals surface area contributed by atoms with E-state index in [4.69, 9.17) is 5.73 Å². The fraction of sp³-hybridized carbons (Fsp3) is 0.308. The molecular formula is C13H14FNOS. The Morgan fingerprint density at radius 1 is 1.53 bits per heavy atom. The predicted octanol–water partition coefficient (Wildman–Crippen LogP) is 2.74. The highest BCUT2D eigenvalue weighted by Gasteiger charge is 2.02. The van der Waals surface area contributed by atoms with Crippen LogP contribution in [0.1, 0.15) is 24.5 Å². The van der Waals surface area contributed by atoms with Crippen LogP contribution in [0.25, 0.3) is 0 Å². The average molecular weight is 251 g/mol. The number of nitrogen functional groups attached to an aromatic ring is 1. The molecule has 2 nitrogen and oxygen atoms in total. The van der Waals surface area contributed by atoms with Gasteiger partial charge in [0.2, 0.25) is 0 Å². The summed E-state index contributed by atoms with van der Waals surface area (Å²) in [6.45, 7) is 3.26. The number of carbonyl (C=O) groups is 1. The van der Waals surface area contributed by atoms with E-state index >= 15 is 0 Å². The molecule has 0 bridgehead atoms. The number of aryl methyl sites for hydroxylation is 1. The van der Waals surface area contributed by atoms with Crippen LogP contribution in [0.3, 0.4) is 0 Å². The van der Waals surface area contributed by atoms with Crippen molar-refractivity contribution in [3.8, 4) is 11.8 Å². The zero-order valence-electron chi connectivity index (χ0n) is 9.84. The van der Waals surface area contributed by atoms with Crippen LogP contribution in [-0.2, 0) is 4.79 Å². The van der Waals surface area contributed by atoms with Crippen molar-refractivity contribution in [1.29, 1.82) is 0 Å². The maximum absolute atomic E-state index is 13.5. The van der Waals surface area contributed by atoms with E-state index in [1.165, 1.54) is 30.8 Å². The van der Waals surface area contributed by atoms with Crippen LogP contribution >= 0.6 is 11.8 Å². The number of halogens is 1. The summed E-state index contributed by atoms with van der Waals surface area (Å²) in [7, 11) is 0. The Balaban J connectivity index is 2.66. The Morgan fingerprint density at radius 3 is 2.88 bits per heavy atom. The van der Waals surface area contributed by atoms with Crippen LogP contribution in [0, 0.1) is 24.6 Å². The predicted molar refractivity (Wildman–Crippen MR) is 70.2 cm³/mol. The molecule has 4 heteroatoms. The van der Waals surface area contributed by atoms with Crippen LogP contribution in [0.5, 0.6) is 0 Å². The summed E-state index contributed by atoms with van der Waals surface area (Å²) < 4.78 is 13.5. The van der Waals surface area contributed by atoms with Crippen molar-refractivity contribution in [3.05, 3.63) is 29.1 Å². The van der Waals surface area contributed by atoms with E-state index in [1.807, 2.05) is 0 Å². The minimum absolute atomic E-state index is 0.0672. The molecule has 0 saturated carbocycles.